The normalized spacial score (nSPS) is 26.1. The largest absolute Gasteiger partial charge is 0.386 e. The maximum atomic E-state index is 12.2. The lowest BCUT2D eigenvalue weighted by Crippen LogP contribution is -2.51. The lowest BCUT2D eigenvalue weighted by atomic mass is 9.75. The number of hydrogen-bond acceptors (Lipinski definition) is 3. The van der Waals surface area contributed by atoms with Gasteiger partial charge in [0.1, 0.15) is 6.10 Å². The minimum Gasteiger partial charge on any atom is -0.386 e. The highest BCUT2D eigenvalue weighted by Crippen LogP contribution is 2.51. The van der Waals surface area contributed by atoms with Gasteiger partial charge in [0.25, 0.3) is 0 Å². The zero-order valence-electron chi connectivity index (χ0n) is 15.4. The number of amides is 2. The second kappa shape index (κ2) is 6.13. The number of halogens is 1. The van der Waals surface area contributed by atoms with Gasteiger partial charge in [0.15, 0.2) is 0 Å². The lowest BCUT2D eigenvalue weighted by molar-refractivity contribution is -0.0117. The third-order valence-electron chi connectivity index (χ3n) is 5.98. The summed E-state index contributed by atoms with van der Waals surface area (Å²) in [7, 11) is 0. The monoisotopic (exact) mass is 376 g/mol. The van der Waals surface area contributed by atoms with Crippen molar-refractivity contribution in [3.8, 4) is 0 Å². The highest BCUT2D eigenvalue weighted by molar-refractivity contribution is 6.31. The molecule has 0 saturated carbocycles. The van der Waals surface area contributed by atoms with Crippen LogP contribution in [0, 0.1) is 5.92 Å². The Kier molecular flexibility index (Phi) is 4.15. The number of rotatable bonds is 2. The Balaban J connectivity index is 1.58. The van der Waals surface area contributed by atoms with Gasteiger partial charge >= 0.3 is 6.03 Å². The average molecular weight is 377 g/mol. The predicted molar refractivity (Wildman–Crippen MR) is 101 cm³/mol. The molecule has 0 aliphatic carbocycles. The second-order valence-electron chi connectivity index (χ2n) is 7.98. The maximum absolute atomic E-state index is 12.2. The number of nitrogens with one attached hydrogen (secondary N) is 1. The summed E-state index contributed by atoms with van der Waals surface area (Å²) in [4.78, 5) is 14.1. The van der Waals surface area contributed by atoms with Crippen molar-refractivity contribution >= 4 is 28.5 Å². The van der Waals surface area contributed by atoms with Crippen LogP contribution < -0.4 is 5.32 Å². The van der Waals surface area contributed by atoms with Crippen LogP contribution in [-0.2, 0) is 5.54 Å². The van der Waals surface area contributed by atoms with Crippen molar-refractivity contribution in [3.63, 3.8) is 0 Å². The molecule has 3 heterocycles. The molecular weight excluding hydrogens is 352 g/mol. The minimum atomic E-state index is -0.645. The van der Waals surface area contributed by atoms with Gasteiger partial charge in [0.05, 0.1) is 17.3 Å². The smallest absolute Gasteiger partial charge is 0.317 e. The van der Waals surface area contributed by atoms with E-state index in [-0.39, 0.29) is 18.0 Å². The third kappa shape index (κ3) is 2.50. The van der Waals surface area contributed by atoms with E-state index in [1.807, 2.05) is 41.8 Å². The first kappa shape index (κ1) is 17.6. The van der Waals surface area contributed by atoms with Gasteiger partial charge in [-0.15, -0.1) is 0 Å². The van der Waals surface area contributed by atoms with Gasteiger partial charge in [-0.25, -0.2) is 4.79 Å². The summed E-state index contributed by atoms with van der Waals surface area (Å²) in [6, 6.07) is 3.86. The van der Waals surface area contributed by atoms with Gasteiger partial charge in [-0.2, -0.15) is 5.10 Å². The molecule has 1 aromatic heterocycles. The van der Waals surface area contributed by atoms with E-state index in [9.17, 15) is 9.90 Å². The van der Waals surface area contributed by atoms with E-state index in [1.54, 1.807) is 0 Å². The first-order chi connectivity index (χ1) is 12.3. The zero-order valence-corrected chi connectivity index (χ0v) is 16.1. The zero-order chi connectivity index (χ0) is 18.6. The molecule has 1 aromatic carbocycles. The Morgan fingerprint density at radius 2 is 2.08 bits per heavy atom. The van der Waals surface area contributed by atoms with Crippen molar-refractivity contribution in [2.24, 2.45) is 5.92 Å². The van der Waals surface area contributed by atoms with E-state index in [0.717, 1.165) is 29.3 Å². The van der Waals surface area contributed by atoms with Crippen LogP contribution in [0.1, 0.15) is 45.3 Å². The molecule has 7 heteroatoms. The van der Waals surface area contributed by atoms with Gasteiger partial charge in [0, 0.05) is 35.1 Å². The molecule has 2 aromatic rings. The lowest BCUT2D eigenvalue weighted by Gasteiger charge is -2.43. The highest BCUT2D eigenvalue weighted by atomic mass is 35.5. The van der Waals surface area contributed by atoms with E-state index < -0.39 is 11.6 Å². The van der Waals surface area contributed by atoms with E-state index in [4.69, 9.17) is 11.6 Å². The molecule has 2 atom stereocenters. The molecule has 140 valence electrons. The Morgan fingerprint density at radius 1 is 1.38 bits per heavy atom. The summed E-state index contributed by atoms with van der Waals surface area (Å²) in [6.07, 6.45) is 2.85. The molecule has 1 fully saturated rings. The summed E-state index contributed by atoms with van der Waals surface area (Å²) in [6.45, 7) is 7.38. The number of aliphatic hydroxyl groups excluding tert-OH is 1. The van der Waals surface area contributed by atoms with Crippen LogP contribution in [0.15, 0.2) is 18.3 Å². The van der Waals surface area contributed by atoms with Crippen LogP contribution in [-0.4, -0.2) is 44.9 Å². The van der Waals surface area contributed by atoms with Crippen molar-refractivity contribution in [1.82, 2.24) is 20.0 Å². The molecule has 2 aliphatic rings. The number of aliphatic hydroxyl groups is 1. The summed E-state index contributed by atoms with van der Waals surface area (Å²) in [5, 5.41) is 20.3. The van der Waals surface area contributed by atoms with Gasteiger partial charge in [-0.1, -0.05) is 11.6 Å². The maximum Gasteiger partial charge on any atom is 0.317 e. The fraction of sp³-hybridized carbons (Fsp3) is 0.579. The molecule has 0 radical (unpaired) electrons. The Morgan fingerprint density at radius 3 is 2.73 bits per heavy atom. The molecule has 2 amide bonds. The molecule has 26 heavy (non-hydrogen) atoms. The Bertz CT molecular complexity index is 857. The Labute approximate surface area is 158 Å². The van der Waals surface area contributed by atoms with Gasteiger partial charge < -0.3 is 15.3 Å². The first-order valence-corrected chi connectivity index (χ1v) is 9.61. The van der Waals surface area contributed by atoms with E-state index >= 15 is 0 Å². The average Bonchev–Trinajstić information content (AvgIpc) is 3.11. The quantitative estimate of drug-likeness (QED) is 0.844. The van der Waals surface area contributed by atoms with E-state index in [2.05, 4.69) is 17.3 Å². The second-order valence-corrected chi connectivity index (χ2v) is 8.42. The van der Waals surface area contributed by atoms with Crippen LogP contribution >= 0.6 is 11.6 Å². The Hall–Kier alpha value is -1.79. The predicted octanol–water partition coefficient (Wildman–Crippen LogP) is 3.28. The number of carbonyl (C=O) groups excluding carboxylic acids is 1. The standard InChI is InChI=1S/C19H25ClN4O2/c1-11(2)22-18(26)23-6-4-13(5-7-23)19(3)17(25)15-9-14(20)8-12-10-21-24(19)16(12)15/h8-11,13,17,25H,4-7H2,1-3H3,(H,22,26)/t17-,19?/m1/s1. The summed E-state index contributed by atoms with van der Waals surface area (Å²) >= 11 is 6.22. The van der Waals surface area contributed by atoms with Crippen LogP contribution in [0.2, 0.25) is 5.02 Å². The topological polar surface area (TPSA) is 70.4 Å². The van der Waals surface area contributed by atoms with Gasteiger partial charge in [-0.3, -0.25) is 4.68 Å². The van der Waals surface area contributed by atoms with Crippen LogP contribution in [0.3, 0.4) is 0 Å². The number of likely N-dealkylation sites (tertiary alicyclic amines) is 1. The number of carbonyl (C=O) groups is 1. The number of hydrogen-bond donors (Lipinski definition) is 2. The van der Waals surface area contributed by atoms with Crippen LogP contribution in [0.25, 0.3) is 10.9 Å². The van der Waals surface area contributed by atoms with Crippen molar-refractivity contribution in [3.05, 3.63) is 28.9 Å². The third-order valence-corrected chi connectivity index (χ3v) is 6.20. The molecule has 0 spiro atoms. The van der Waals surface area contributed by atoms with E-state index in [0.29, 0.717) is 18.1 Å². The number of nitrogens with zero attached hydrogens (tertiary/aromatic N) is 3. The molecular formula is C19H25ClN4O2. The van der Waals surface area contributed by atoms with Gasteiger partial charge in [-0.05, 0) is 51.7 Å². The van der Waals surface area contributed by atoms with Crippen LogP contribution in [0.4, 0.5) is 4.79 Å². The highest BCUT2D eigenvalue weighted by Gasteiger charge is 2.50. The molecule has 0 bridgehead atoms. The van der Waals surface area contributed by atoms with Crippen molar-refractivity contribution in [2.75, 3.05) is 13.1 Å². The van der Waals surface area contributed by atoms with Crippen LogP contribution in [0.5, 0.6) is 0 Å². The van der Waals surface area contributed by atoms with E-state index in [1.165, 1.54) is 0 Å². The SMILES string of the molecule is CC(C)NC(=O)N1CCC(C2(C)[C@H](O)c3cc(Cl)cc4cnn2c34)CC1. The number of benzene rings is 1. The molecule has 6 nitrogen and oxygen atoms in total. The first-order valence-electron chi connectivity index (χ1n) is 9.23. The molecule has 4 rings (SSSR count). The fourth-order valence-corrected chi connectivity index (χ4v) is 4.80. The number of piperidine rings is 1. The molecule has 1 saturated heterocycles. The van der Waals surface area contributed by atoms with Crippen molar-refractivity contribution in [2.45, 2.75) is 51.3 Å². The summed E-state index contributed by atoms with van der Waals surface area (Å²) in [5.41, 5.74) is 1.31. The minimum absolute atomic E-state index is 0.00730. The molecule has 2 aliphatic heterocycles. The number of urea groups is 1. The molecule has 1 unspecified atom stereocenters. The number of aromatic nitrogens is 2. The van der Waals surface area contributed by atoms with Crippen molar-refractivity contribution < 1.29 is 9.90 Å². The molecule has 2 N–H and O–H groups in total. The van der Waals surface area contributed by atoms with Crippen molar-refractivity contribution in [1.29, 1.82) is 0 Å². The fourth-order valence-electron chi connectivity index (χ4n) is 4.57. The summed E-state index contributed by atoms with van der Waals surface area (Å²) in [5.74, 6) is 0.231. The van der Waals surface area contributed by atoms with Gasteiger partial charge in [0.2, 0.25) is 0 Å². The summed E-state index contributed by atoms with van der Waals surface area (Å²) < 4.78 is 1.98.